The Kier molecular flexibility index (Phi) is 5.90. The SMILES string of the molecule is COc1cc(NC(=O)Nc2cccc(S(=O)(=O)O)c2)cc(OC)c1OC. The largest absolute Gasteiger partial charge is 0.493 e. The fourth-order valence-electron chi connectivity index (χ4n) is 2.18. The second-order valence-electron chi connectivity index (χ2n) is 5.00. The molecule has 0 saturated carbocycles. The summed E-state index contributed by atoms with van der Waals surface area (Å²) in [5.41, 5.74) is 0.549. The number of nitrogens with one attached hydrogen (secondary N) is 2. The van der Waals surface area contributed by atoms with E-state index in [1.807, 2.05) is 0 Å². The monoisotopic (exact) mass is 382 g/mol. The van der Waals surface area contributed by atoms with Gasteiger partial charge in [-0.2, -0.15) is 8.42 Å². The predicted octanol–water partition coefficient (Wildman–Crippen LogP) is 2.60. The Morgan fingerprint density at radius 2 is 1.50 bits per heavy atom. The van der Waals surface area contributed by atoms with Crippen molar-refractivity contribution in [2.24, 2.45) is 0 Å². The van der Waals surface area contributed by atoms with E-state index in [-0.39, 0.29) is 10.6 Å². The van der Waals surface area contributed by atoms with Crippen molar-refractivity contribution in [2.45, 2.75) is 4.90 Å². The van der Waals surface area contributed by atoms with Gasteiger partial charge in [-0.3, -0.25) is 4.55 Å². The zero-order chi connectivity index (χ0) is 19.3. The average Bonchev–Trinajstić information content (AvgIpc) is 2.60. The van der Waals surface area contributed by atoms with Crippen LogP contribution in [0.2, 0.25) is 0 Å². The van der Waals surface area contributed by atoms with E-state index in [1.165, 1.54) is 51.7 Å². The van der Waals surface area contributed by atoms with E-state index in [1.54, 1.807) is 0 Å². The smallest absolute Gasteiger partial charge is 0.323 e. The van der Waals surface area contributed by atoms with Crippen molar-refractivity contribution in [3.05, 3.63) is 36.4 Å². The lowest BCUT2D eigenvalue weighted by Crippen LogP contribution is -2.19. The lowest BCUT2D eigenvalue weighted by Gasteiger charge is -2.15. The Labute approximate surface area is 150 Å². The van der Waals surface area contributed by atoms with Crippen LogP contribution in [0, 0.1) is 0 Å². The van der Waals surface area contributed by atoms with Crippen molar-refractivity contribution in [1.29, 1.82) is 0 Å². The number of rotatable bonds is 6. The molecule has 0 radical (unpaired) electrons. The van der Waals surface area contributed by atoms with Gasteiger partial charge >= 0.3 is 6.03 Å². The van der Waals surface area contributed by atoms with Crippen molar-refractivity contribution in [3.63, 3.8) is 0 Å². The molecule has 2 amide bonds. The fourth-order valence-corrected chi connectivity index (χ4v) is 2.71. The quantitative estimate of drug-likeness (QED) is 0.656. The van der Waals surface area contributed by atoms with Crippen LogP contribution < -0.4 is 24.8 Å². The summed E-state index contributed by atoms with van der Waals surface area (Å²) in [6.07, 6.45) is 0. The van der Waals surface area contributed by atoms with Crippen LogP contribution in [0.25, 0.3) is 0 Å². The summed E-state index contributed by atoms with van der Waals surface area (Å²) >= 11 is 0. The van der Waals surface area contributed by atoms with E-state index >= 15 is 0 Å². The Balaban J connectivity index is 2.20. The normalized spacial score (nSPS) is 10.8. The van der Waals surface area contributed by atoms with Crippen LogP contribution in [0.5, 0.6) is 17.2 Å². The summed E-state index contributed by atoms with van der Waals surface area (Å²) in [7, 11) is -0.0109. The zero-order valence-electron chi connectivity index (χ0n) is 14.3. The van der Waals surface area contributed by atoms with Crippen molar-refractivity contribution >= 4 is 27.5 Å². The van der Waals surface area contributed by atoms with Gasteiger partial charge in [0.05, 0.1) is 31.9 Å². The third kappa shape index (κ3) is 4.55. The van der Waals surface area contributed by atoms with Crippen LogP contribution in [0.15, 0.2) is 41.3 Å². The number of hydrogen-bond donors (Lipinski definition) is 3. The second kappa shape index (κ2) is 7.93. The molecule has 0 atom stereocenters. The number of methoxy groups -OCH3 is 3. The maximum absolute atomic E-state index is 12.1. The average molecular weight is 382 g/mol. The maximum atomic E-state index is 12.1. The molecule has 0 saturated heterocycles. The van der Waals surface area contributed by atoms with Gasteiger partial charge in [0.15, 0.2) is 11.5 Å². The highest BCUT2D eigenvalue weighted by Crippen LogP contribution is 2.39. The number of anilines is 2. The third-order valence-electron chi connectivity index (χ3n) is 3.31. The van der Waals surface area contributed by atoms with Gasteiger partial charge in [-0.1, -0.05) is 6.07 Å². The molecular formula is C16H18N2O7S. The lowest BCUT2D eigenvalue weighted by molar-refractivity contribution is 0.262. The summed E-state index contributed by atoms with van der Waals surface area (Å²) in [6.45, 7) is 0. The molecule has 140 valence electrons. The molecule has 0 fully saturated rings. The molecule has 9 nitrogen and oxygen atoms in total. The van der Waals surface area contributed by atoms with Gasteiger partial charge in [0.2, 0.25) is 5.75 Å². The van der Waals surface area contributed by atoms with Crippen LogP contribution >= 0.6 is 0 Å². The first-order chi connectivity index (χ1) is 12.3. The number of ether oxygens (including phenoxy) is 3. The molecule has 3 N–H and O–H groups in total. The molecule has 0 unspecified atom stereocenters. The molecule has 0 spiro atoms. The number of urea groups is 1. The highest BCUT2D eigenvalue weighted by Gasteiger charge is 2.15. The number of carbonyl (C=O) groups is 1. The van der Waals surface area contributed by atoms with Gasteiger partial charge in [-0.05, 0) is 18.2 Å². The van der Waals surface area contributed by atoms with E-state index in [0.29, 0.717) is 22.9 Å². The van der Waals surface area contributed by atoms with Gasteiger partial charge in [0.25, 0.3) is 10.1 Å². The minimum atomic E-state index is -4.36. The highest BCUT2D eigenvalue weighted by atomic mass is 32.2. The number of benzene rings is 2. The lowest BCUT2D eigenvalue weighted by atomic mass is 10.2. The molecule has 0 aliphatic rings. The molecular weight excluding hydrogens is 364 g/mol. The second-order valence-corrected chi connectivity index (χ2v) is 6.42. The Morgan fingerprint density at radius 3 is 2.00 bits per heavy atom. The van der Waals surface area contributed by atoms with Crippen LogP contribution in [0.1, 0.15) is 0 Å². The molecule has 10 heteroatoms. The summed E-state index contributed by atoms with van der Waals surface area (Å²) in [5, 5.41) is 5.04. The van der Waals surface area contributed by atoms with Gasteiger partial charge < -0.3 is 24.8 Å². The first-order valence-corrected chi connectivity index (χ1v) is 8.68. The maximum Gasteiger partial charge on any atom is 0.323 e. The van der Waals surface area contributed by atoms with Crippen LogP contribution in [0.3, 0.4) is 0 Å². The van der Waals surface area contributed by atoms with Gasteiger partial charge in [0, 0.05) is 17.8 Å². The zero-order valence-corrected chi connectivity index (χ0v) is 15.1. The first kappa shape index (κ1) is 19.3. The van der Waals surface area contributed by atoms with Crippen LogP contribution in [-0.4, -0.2) is 40.3 Å². The Bertz CT molecular complexity index is 888. The van der Waals surface area contributed by atoms with E-state index in [9.17, 15) is 13.2 Å². The molecule has 26 heavy (non-hydrogen) atoms. The van der Waals surface area contributed by atoms with Crippen molar-refractivity contribution in [1.82, 2.24) is 0 Å². The summed E-state index contributed by atoms with van der Waals surface area (Å²) in [6, 6.07) is 7.64. The van der Waals surface area contributed by atoms with Gasteiger partial charge in [-0.15, -0.1) is 0 Å². The summed E-state index contributed by atoms with van der Waals surface area (Å²) in [5.74, 6) is 1.09. The van der Waals surface area contributed by atoms with E-state index in [4.69, 9.17) is 18.8 Å². The summed E-state index contributed by atoms with van der Waals surface area (Å²) < 4.78 is 47.0. The minimum Gasteiger partial charge on any atom is -0.493 e. The molecule has 0 heterocycles. The highest BCUT2D eigenvalue weighted by molar-refractivity contribution is 7.85. The fraction of sp³-hybridized carbons (Fsp3) is 0.188. The van der Waals surface area contributed by atoms with Crippen molar-refractivity contribution < 1.29 is 32.0 Å². The minimum absolute atomic E-state index is 0.185. The van der Waals surface area contributed by atoms with Gasteiger partial charge in [-0.25, -0.2) is 4.79 Å². The Hall–Kier alpha value is -2.98. The number of hydrogen-bond acceptors (Lipinski definition) is 6. The van der Waals surface area contributed by atoms with Gasteiger partial charge in [0.1, 0.15) is 0 Å². The molecule has 2 aromatic rings. The molecule has 0 aliphatic carbocycles. The molecule has 0 aromatic heterocycles. The molecule has 2 aromatic carbocycles. The topological polar surface area (TPSA) is 123 Å². The molecule has 0 aliphatic heterocycles. The number of carbonyl (C=O) groups excluding carboxylic acids is 1. The summed E-state index contributed by atoms with van der Waals surface area (Å²) in [4.78, 5) is 11.8. The van der Waals surface area contributed by atoms with E-state index in [2.05, 4.69) is 10.6 Å². The van der Waals surface area contributed by atoms with Crippen LogP contribution in [-0.2, 0) is 10.1 Å². The molecule has 2 rings (SSSR count). The van der Waals surface area contributed by atoms with Crippen LogP contribution in [0.4, 0.5) is 16.2 Å². The van der Waals surface area contributed by atoms with Crippen molar-refractivity contribution in [3.8, 4) is 17.2 Å². The predicted molar refractivity (Wildman–Crippen MR) is 95.0 cm³/mol. The standard InChI is InChI=1S/C16H18N2O7S/c1-23-13-8-11(9-14(24-2)15(13)25-3)18-16(19)17-10-5-4-6-12(7-10)26(20,21)22/h4-9H,1-3H3,(H2,17,18,19)(H,20,21,22). The van der Waals surface area contributed by atoms with Crippen molar-refractivity contribution in [2.75, 3.05) is 32.0 Å². The molecule has 0 bridgehead atoms. The third-order valence-corrected chi connectivity index (χ3v) is 4.16. The first-order valence-electron chi connectivity index (χ1n) is 7.24. The Morgan fingerprint density at radius 1 is 0.923 bits per heavy atom. The van der Waals surface area contributed by atoms with E-state index < -0.39 is 16.1 Å². The van der Waals surface area contributed by atoms with E-state index in [0.717, 1.165) is 6.07 Å². The number of amides is 2.